The highest BCUT2D eigenvalue weighted by Crippen LogP contribution is 2.23. The van der Waals surface area contributed by atoms with Crippen molar-refractivity contribution >= 4 is 29.1 Å². The maximum absolute atomic E-state index is 12.3. The molecule has 0 unspecified atom stereocenters. The lowest BCUT2D eigenvalue weighted by Crippen LogP contribution is -2.50. The number of halogens is 1. The lowest BCUT2D eigenvalue weighted by Gasteiger charge is -2.34. The van der Waals surface area contributed by atoms with E-state index >= 15 is 0 Å². The van der Waals surface area contributed by atoms with Gasteiger partial charge in [-0.1, -0.05) is 41.9 Å². The Bertz CT molecular complexity index is 778. The Morgan fingerprint density at radius 1 is 1.17 bits per heavy atom. The molecule has 0 saturated carbocycles. The van der Waals surface area contributed by atoms with Crippen LogP contribution in [0, 0.1) is 0 Å². The lowest BCUT2D eigenvalue weighted by molar-refractivity contribution is -0.125. The predicted octanol–water partition coefficient (Wildman–Crippen LogP) is 2.19. The van der Waals surface area contributed by atoms with E-state index in [0.717, 1.165) is 11.1 Å². The second-order valence-electron chi connectivity index (χ2n) is 5.85. The van der Waals surface area contributed by atoms with Crippen molar-refractivity contribution < 1.29 is 9.59 Å². The molecule has 2 amide bonds. The van der Waals surface area contributed by atoms with Crippen molar-refractivity contribution in [1.29, 1.82) is 0 Å². The topological polar surface area (TPSA) is 75.4 Å². The van der Waals surface area contributed by atoms with Gasteiger partial charge in [0.2, 0.25) is 11.8 Å². The molecule has 124 valence electrons. The molecule has 1 aliphatic heterocycles. The molecule has 2 aromatic rings. The number of hydrogen-bond acceptors (Lipinski definition) is 3. The van der Waals surface area contributed by atoms with Gasteiger partial charge in [0.05, 0.1) is 12.6 Å². The van der Waals surface area contributed by atoms with Gasteiger partial charge in [0.25, 0.3) is 0 Å². The van der Waals surface area contributed by atoms with Crippen LogP contribution in [-0.4, -0.2) is 29.3 Å². The average molecular weight is 344 g/mol. The third-order valence-electron chi connectivity index (χ3n) is 4.13. The first-order valence-corrected chi connectivity index (χ1v) is 8.06. The van der Waals surface area contributed by atoms with E-state index in [0.29, 0.717) is 23.7 Å². The van der Waals surface area contributed by atoms with Gasteiger partial charge < -0.3 is 11.1 Å². The highest BCUT2D eigenvalue weighted by molar-refractivity contribution is 6.30. The van der Waals surface area contributed by atoms with Gasteiger partial charge in [-0.3, -0.25) is 14.5 Å². The molecule has 24 heavy (non-hydrogen) atoms. The molecule has 3 rings (SSSR count). The normalized spacial score (nSPS) is 17.1. The monoisotopic (exact) mass is 343 g/mol. The van der Waals surface area contributed by atoms with Crippen LogP contribution in [0.3, 0.4) is 0 Å². The Labute approximate surface area is 145 Å². The minimum Gasteiger partial charge on any atom is -0.368 e. The summed E-state index contributed by atoms with van der Waals surface area (Å²) in [5.74, 6) is -0.622. The summed E-state index contributed by atoms with van der Waals surface area (Å²) in [7, 11) is 0. The number of primary amides is 1. The Balaban J connectivity index is 1.72. The number of rotatable bonds is 4. The van der Waals surface area contributed by atoms with Crippen LogP contribution in [0.2, 0.25) is 5.02 Å². The molecule has 0 aromatic heterocycles. The van der Waals surface area contributed by atoms with E-state index in [9.17, 15) is 9.59 Å². The van der Waals surface area contributed by atoms with Gasteiger partial charge >= 0.3 is 0 Å². The van der Waals surface area contributed by atoms with E-state index < -0.39 is 11.9 Å². The van der Waals surface area contributed by atoms with Crippen LogP contribution in [0.5, 0.6) is 0 Å². The maximum Gasteiger partial charge on any atom is 0.238 e. The molecule has 3 N–H and O–H groups in total. The number of hydrogen-bond donors (Lipinski definition) is 2. The fraction of sp³-hybridized carbons (Fsp3) is 0.222. The second kappa shape index (κ2) is 7.03. The fourth-order valence-electron chi connectivity index (χ4n) is 2.98. The fourth-order valence-corrected chi connectivity index (χ4v) is 3.17. The molecule has 1 heterocycles. The third-order valence-corrected chi connectivity index (χ3v) is 4.36. The Morgan fingerprint density at radius 3 is 2.62 bits per heavy atom. The van der Waals surface area contributed by atoms with E-state index in [1.807, 2.05) is 29.2 Å². The molecular formula is C18H18ClN3O2. The van der Waals surface area contributed by atoms with Crippen molar-refractivity contribution in [2.45, 2.75) is 19.0 Å². The van der Waals surface area contributed by atoms with Crippen LogP contribution in [-0.2, 0) is 22.6 Å². The molecule has 0 saturated heterocycles. The van der Waals surface area contributed by atoms with Crippen LogP contribution >= 0.6 is 11.6 Å². The number of nitrogens with one attached hydrogen (secondary N) is 1. The van der Waals surface area contributed by atoms with Crippen LogP contribution in [0.25, 0.3) is 0 Å². The molecule has 0 fully saturated rings. The first-order chi connectivity index (χ1) is 11.5. The zero-order chi connectivity index (χ0) is 17.1. The van der Waals surface area contributed by atoms with Gasteiger partial charge in [0, 0.05) is 17.3 Å². The minimum absolute atomic E-state index is 0.0917. The Hall–Kier alpha value is -2.37. The molecule has 2 aromatic carbocycles. The quantitative estimate of drug-likeness (QED) is 0.893. The van der Waals surface area contributed by atoms with E-state index in [1.54, 1.807) is 24.3 Å². The SMILES string of the molecule is NC(=O)[C@@H]1Cc2ccccc2CN1CC(=O)Nc1cccc(Cl)c1. The largest absolute Gasteiger partial charge is 0.368 e. The molecule has 0 aliphatic carbocycles. The number of anilines is 1. The number of carbonyl (C=O) groups is 2. The van der Waals surface area contributed by atoms with Crippen LogP contribution in [0.15, 0.2) is 48.5 Å². The van der Waals surface area contributed by atoms with Crippen LogP contribution in [0.4, 0.5) is 5.69 Å². The lowest BCUT2D eigenvalue weighted by atomic mass is 9.93. The predicted molar refractivity (Wildman–Crippen MR) is 93.6 cm³/mol. The minimum atomic E-state index is -0.481. The van der Waals surface area contributed by atoms with Crippen molar-refractivity contribution in [3.63, 3.8) is 0 Å². The second-order valence-corrected chi connectivity index (χ2v) is 6.29. The first kappa shape index (κ1) is 16.5. The van der Waals surface area contributed by atoms with Crippen molar-refractivity contribution in [2.24, 2.45) is 5.73 Å². The number of amides is 2. The number of benzene rings is 2. The number of nitrogens with zero attached hydrogens (tertiary/aromatic N) is 1. The molecule has 5 nitrogen and oxygen atoms in total. The summed E-state index contributed by atoms with van der Waals surface area (Å²) < 4.78 is 0. The molecule has 0 spiro atoms. The Kier molecular flexibility index (Phi) is 4.83. The molecule has 1 aliphatic rings. The van der Waals surface area contributed by atoms with Crippen LogP contribution < -0.4 is 11.1 Å². The summed E-state index contributed by atoms with van der Waals surface area (Å²) in [6, 6.07) is 14.4. The van der Waals surface area contributed by atoms with Crippen molar-refractivity contribution in [3.05, 3.63) is 64.7 Å². The summed E-state index contributed by atoms with van der Waals surface area (Å²) in [6.07, 6.45) is 0.524. The van der Waals surface area contributed by atoms with Crippen molar-refractivity contribution in [1.82, 2.24) is 4.90 Å². The van der Waals surface area contributed by atoms with E-state index in [2.05, 4.69) is 5.32 Å². The van der Waals surface area contributed by atoms with Crippen molar-refractivity contribution in [2.75, 3.05) is 11.9 Å². The van der Waals surface area contributed by atoms with Gasteiger partial charge in [-0.15, -0.1) is 0 Å². The van der Waals surface area contributed by atoms with Gasteiger partial charge in [-0.25, -0.2) is 0 Å². The standard InChI is InChI=1S/C18H18ClN3O2/c19-14-6-3-7-15(9-14)21-17(23)11-22-10-13-5-2-1-4-12(13)8-16(22)18(20)24/h1-7,9,16H,8,10-11H2,(H2,20,24)(H,21,23)/t16-/m0/s1. The first-order valence-electron chi connectivity index (χ1n) is 7.68. The Morgan fingerprint density at radius 2 is 1.92 bits per heavy atom. The number of nitrogens with two attached hydrogens (primary N) is 1. The van der Waals surface area contributed by atoms with Crippen molar-refractivity contribution in [3.8, 4) is 0 Å². The summed E-state index contributed by atoms with van der Waals surface area (Å²) in [6.45, 7) is 0.612. The number of fused-ring (bicyclic) bond motifs is 1. The highest BCUT2D eigenvalue weighted by atomic mass is 35.5. The zero-order valence-corrected chi connectivity index (χ0v) is 13.8. The zero-order valence-electron chi connectivity index (χ0n) is 13.0. The summed E-state index contributed by atoms with van der Waals surface area (Å²) in [5.41, 5.74) is 8.38. The maximum atomic E-state index is 12.3. The van der Waals surface area contributed by atoms with Crippen LogP contribution in [0.1, 0.15) is 11.1 Å². The van der Waals surface area contributed by atoms with Gasteiger partial charge in [0.1, 0.15) is 0 Å². The highest BCUT2D eigenvalue weighted by Gasteiger charge is 2.31. The summed E-state index contributed by atoms with van der Waals surface area (Å²) in [4.78, 5) is 25.9. The molecular weight excluding hydrogens is 326 g/mol. The van der Waals surface area contributed by atoms with Gasteiger partial charge in [-0.05, 0) is 35.7 Å². The molecule has 0 bridgehead atoms. The molecule has 6 heteroatoms. The molecule has 0 radical (unpaired) electrons. The molecule has 1 atom stereocenters. The average Bonchev–Trinajstić information content (AvgIpc) is 2.54. The van der Waals surface area contributed by atoms with E-state index in [1.165, 1.54) is 0 Å². The third kappa shape index (κ3) is 3.75. The summed E-state index contributed by atoms with van der Waals surface area (Å²) >= 11 is 5.92. The van der Waals surface area contributed by atoms with Gasteiger partial charge in [-0.2, -0.15) is 0 Å². The van der Waals surface area contributed by atoms with Gasteiger partial charge in [0.15, 0.2) is 0 Å². The number of carbonyl (C=O) groups excluding carboxylic acids is 2. The summed E-state index contributed by atoms with van der Waals surface area (Å²) in [5, 5.41) is 3.35. The van der Waals surface area contributed by atoms with E-state index in [4.69, 9.17) is 17.3 Å². The van der Waals surface area contributed by atoms with E-state index in [-0.39, 0.29) is 12.5 Å². The smallest absolute Gasteiger partial charge is 0.238 e.